The monoisotopic (exact) mass is 435 g/mol. The van der Waals surface area contributed by atoms with Crippen LogP contribution >= 0.6 is 49.9 Å². The zero-order valence-corrected chi connectivity index (χ0v) is 14.2. The van der Waals surface area contributed by atoms with Crippen molar-refractivity contribution in [2.75, 3.05) is 0 Å². The number of aryl methyl sites for hydroxylation is 1. The van der Waals surface area contributed by atoms with Gasteiger partial charge in [0.2, 0.25) is 0 Å². The lowest BCUT2D eigenvalue weighted by molar-refractivity contribution is 0.0950. The molecule has 0 spiro atoms. The number of carbonyl (C=O) groups is 1. The van der Waals surface area contributed by atoms with Crippen LogP contribution in [0.4, 0.5) is 0 Å². The minimum atomic E-state index is -0.0207. The van der Waals surface area contributed by atoms with Gasteiger partial charge >= 0.3 is 0 Å². The molecule has 1 aromatic carbocycles. The summed E-state index contributed by atoms with van der Waals surface area (Å²) in [5.41, 5.74) is 1.87. The summed E-state index contributed by atoms with van der Waals surface area (Å²) in [7, 11) is 0. The van der Waals surface area contributed by atoms with E-state index in [2.05, 4.69) is 43.8 Å². The highest BCUT2D eigenvalue weighted by atomic mass is 127. The van der Waals surface area contributed by atoms with Gasteiger partial charge in [0.25, 0.3) is 5.91 Å². The molecule has 94 valence electrons. The molecule has 2 nitrogen and oxygen atoms in total. The second-order valence-corrected chi connectivity index (χ2v) is 7.45. The Hall–Kier alpha value is -0.400. The van der Waals surface area contributed by atoms with Crippen molar-refractivity contribution in [3.8, 4) is 0 Å². The van der Waals surface area contributed by atoms with Gasteiger partial charge in [-0.15, -0.1) is 11.3 Å². The zero-order chi connectivity index (χ0) is 13.1. The minimum Gasteiger partial charge on any atom is -0.347 e. The lowest BCUT2D eigenvalue weighted by Crippen LogP contribution is -2.23. The van der Waals surface area contributed by atoms with Crippen molar-refractivity contribution in [2.24, 2.45) is 0 Å². The van der Waals surface area contributed by atoms with Gasteiger partial charge < -0.3 is 5.32 Å². The van der Waals surface area contributed by atoms with E-state index < -0.39 is 0 Å². The minimum absolute atomic E-state index is 0.0207. The van der Waals surface area contributed by atoms with Gasteiger partial charge in [0.05, 0.1) is 15.9 Å². The molecule has 1 aromatic heterocycles. The molecule has 0 radical (unpaired) electrons. The number of nitrogens with one attached hydrogen (secondary N) is 1. The molecule has 2 rings (SSSR count). The molecule has 0 saturated heterocycles. The Kier molecular flexibility index (Phi) is 4.80. The van der Waals surface area contributed by atoms with Gasteiger partial charge in [-0.1, -0.05) is 12.1 Å². The van der Waals surface area contributed by atoms with Gasteiger partial charge in [-0.25, -0.2) is 0 Å². The van der Waals surface area contributed by atoms with Gasteiger partial charge in [-0.3, -0.25) is 4.79 Å². The number of hydrogen-bond donors (Lipinski definition) is 1. The lowest BCUT2D eigenvalue weighted by atomic mass is 10.1. The Morgan fingerprint density at radius 1 is 1.39 bits per heavy atom. The fourth-order valence-corrected chi connectivity index (χ4v) is 3.56. The largest absolute Gasteiger partial charge is 0.347 e. The van der Waals surface area contributed by atoms with Crippen LogP contribution in [-0.4, -0.2) is 5.91 Å². The molecule has 0 bridgehead atoms. The molecule has 1 amide bonds. The third-order valence-corrected chi connectivity index (χ3v) is 5.54. The molecule has 5 heteroatoms. The smallest absolute Gasteiger partial charge is 0.252 e. The Balaban J connectivity index is 2.06. The SMILES string of the molecule is Cc1cccc(C(=O)NCc2ccc(Br)s2)c1I. The lowest BCUT2D eigenvalue weighted by Gasteiger charge is -2.07. The van der Waals surface area contributed by atoms with Crippen LogP contribution < -0.4 is 5.32 Å². The van der Waals surface area contributed by atoms with E-state index in [-0.39, 0.29) is 5.91 Å². The summed E-state index contributed by atoms with van der Waals surface area (Å²) in [4.78, 5) is 13.2. The molecule has 0 unspecified atom stereocenters. The topological polar surface area (TPSA) is 29.1 Å². The highest BCUT2D eigenvalue weighted by molar-refractivity contribution is 14.1. The van der Waals surface area contributed by atoms with E-state index in [9.17, 15) is 4.79 Å². The van der Waals surface area contributed by atoms with Crippen LogP contribution in [0.2, 0.25) is 0 Å². The van der Waals surface area contributed by atoms with Crippen molar-refractivity contribution in [3.63, 3.8) is 0 Å². The Morgan fingerprint density at radius 2 is 2.17 bits per heavy atom. The molecule has 0 aliphatic carbocycles. The number of carbonyl (C=O) groups excluding carboxylic acids is 1. The van der Waals surface area contributed by atoms with E-state index in [0.717, 1.165) is 23.4 Å². The van der Waals surface area contributed by atoms with Crippen molar-refractivity contribution in [1.29, 1.82) is 0 Å². The van der Waals surface area contributed by atoms with Gasteiger partial charge in [0.1, 0.15) is 0 Å². The summed E-state index contributed by atoms with van der Waals surface area (Å²) in [5.74, 6) is -0.0207. The predicted molar refractivity (Wildman–Crippen MR) is 87.1 cm³/mol. The third-order valence-electron chi connectivity index (χ3n) is 2.49. The van der Waals surface area contributed by atoms with Crippen molar-refractivity contribution < 1.29 is 4.79 Å². The van der Waals surface area contributed by atoms with E-state index >= 15 is 0 Å². The first-order valence-electron chi connectivity index (χ1n) is 5.35. The Bertz CT molecular complexity index is 582. The molecule has 1 N–H and O–H groups in total. The van der Waals surface area contributed by atoms with Gasteiger partial charge in [0, 0.05) is 8.45 Å². The summed E-state index contributed by atoms with van der Waals surface area (Å²) in [6.07, 6.45) is 0. The zero-order valence-electron chi connectivity index (χ0n) is 9.67. The summed E-state index contributed by atoms with van der Waals surface area (Å²) >= 11 is 7.26. The van der Waals surface area contributed by atoms with E-state index in [1.807, 2.05) is 37.3 Å². The third kappa shape index (κ3) is 3.33. The average molecular weight is 436 g/mol. The van der Waals surface area contributed by atoms with Crippen LogP contribution in [-0.2, 0) is 6.54 Å². The normalized spacial score (nSPS) is 10.4. The van der Waals surface area contributed by atoms with Crippen LogP contribution in [0.5, 0.6) is 0 Å². The summed E-state index contributed by atoms with van der Waals surface area (Å²) in [6.45, 7) is 2.58. The van der Waals surface area contributed by atoms with E-state index in [0.29, 0.717) is 6.54 Å². The molecule has 0 aliphatic heterocycles. The number of halogens is 2. The van der Waals surface area contributed by atoms with Crippen molar-refractivity contribution in [3.05, 3.63) is 53.7 Å². The number of benzene rings is 1. The molecule has 2 aromatic rings. The van der Waals surface area contributed by atoms with Crippen LogP contribution in [0.1, 0.15) is 20.8 Å². The first kappa shape index (κ1) is 14.0. The van der Waals surface area contributed by atoms with Gasteiger partial charge in [0.15, 0.2) is 0 Å². The van der Waals surface area contributed by atoms with E-state index in [1.165, 1.54) is 0 Å². The maximum atomic E-state index is 12.1. The summed E-state index contributed by atoms with van der Waals surface area (Å²) in [6, 6.07) is 9.77. The van der Waals surface area contributed by atoms with Crippen LogP contribution in [0.3, 0.4) is 0 Å². The number of rotatable bonds is 3. The number of thiophene rings is 1. The first-order valence-corrected chi connectivity index (χ1v) is 8.04. The summed E-state index contributed by atoms with van der Waals surface area (Å²) in [5, 5.41) is 2.94. The second kappa shape index (κ2) is 6.16. The van der Waals surface area contributed by atoms with Crippen LogP contribution in [0, 0.1) is 10.5 Å². The molecule has 18 heavy (non-hydrogen) atoms. The Morgan fingerprint density at radius 3 is 2.83 bits per heavy atom. The molecular formula is C13H11BrINOS. The van der Waals surface area contributed by atoms with Crippen molar-refractivity contribution >= 4 is 55.8 Å². The standard InChI is InChI=1S/C13H11BrINOS/c1-8-3-2-4-10(12(8)15)13(17)16-7-9-5-6-11(14)18-9/h2-6H,7H2,1H3,(H,16,17). The highest BCUT2D eigenvalue weighted by Gasteiger charge is 2.11. The van der Waals surface area contributed by atoms with Crippen LogP contribution in [0.15, 0.2) is 34.1 Å². The number of hydrogen-bond acceptors (Lipinski definition) is 2. The molecule has 0 fully saturated rings. The maximum absolute atomic E-state index is 12.1. The molecule has 0 atom stereocenters. The average Bonchev–Trinajstić information content (AvgIpc) is 2.76. The molecule has 0 saturated carbocycles. The predicted octanol–water partition coefficient (Wildman–Crippen LogP) is 4.35. The van der Waals surface area contributed by atoms with Crippen molar-refractivity contribution in [1.82, 2.24) is 5.32 Å². The maximum Gasteiger partial charge on any atom is 0.252 e. The highest BCUT2D eigenvalue weighted by Crippen LogP contribution is 2.22. The summed E-state index contributed by atoms with van der Waals surface area (Å²) < 4.78 is 2.09. The molecule has 0 aliphatic rings. The van der Waals surface area contributed by atoms with E-state index in [1.54, 1.807) is 11.3 Å². The second-order valence-electron chi connectivity index (χ2n) is 3.82. The van der Waals surface area contributed by atoms with Gasteiger partial charge in [-0.05, 0) is 69.2 Å². The number of amides is 1. The van der Waals surface area contributed by atoms with Crippen molar-refractivity contribution in [2.45, 2.75) is 13.5 Å². The van der Waals surface area contributed by atoms with Gasteiger partial charge in [-0.2, -0.15) is 0 Å². The molecular weight excluding hydrogens is 425 g/mol. The fourth-order valence-electron chi connectivity index (χ4n) is 1.53. The molecule has 1 heterocycles. The fraction of sp³-hybridized carbons (Fsp3) is 0.154. The quantitative estimate of drug-likeness (QED) is 0.713. The Labute approximate surface area is 132 Å². The van der Waals surface area contributed by atoms with Crippen LogP contribution in [0.25, 0.3) is 0 Å². The first-order chi connectivity index (χ1) is 8.58. The van der Waals surface area contributed by atoms with E-state index in [4.69, 9.17) is 0 Å².